The highest BCUT2D eigenvalue weighted by atomic mass is 16.6. The van der Waals surface area contributed by atoms with E-state index in [-0.39, 0.29) is 0 Å². The van der Waals surface area contributed by atoms with E-state index in [2.05, 4.69) is 0 Å². The van der Waals surface area contributed by atoms with E-state index in [0.717, 1.165) is 18.2 Å². The molecular formula is C6H3N3O4. The maximum Gasteiger partial charge on any atom is 0.303 e. The number of hydrogen-bond acceptors (Lipinski definition) is 4. The van der Waals surface area contributed by atoms with Crippen molar-refractivity contribution in [3.63, 3.8) is 0 Å². The van der Waals surface area contributed by atoms with Crippen LogP contribution in [0.2, 0.25) is 0 Å². The Morgan fingerprint density at radius 3 is 1.77 bits per heavy atom. The standard InChI is InChI=1S/C6H3N3O4/c7-6-4(8(10)11)2-1-3-5(6)9(12)13/h1-3H. The fourth-order valence-corrected chi connectivity index (χ4v) is 0.814. The van der Waals surface area contributed by atoms with Gasteiger partial charge in [-0.3, -0.25) is 20.2 Å². The largest absolute Gasteiger partial charge is 0.303 e. The summed E-state index contributed by atoms with van der Waals surface area (Å²) in [5, 5.41) is 20.4. The van der Waals surface area contributed by atoms with E-state index in [0.29, 0.717) is 0 Å². The molecule has 0 amide bonds. The number of nitrogens with zero attached hydrogens (tertiary/aromatic N) is 3. The molecule has 0 spiro atoms. The molecule has 1 rings (SSSR count). The second-order valence-corrected chi connectivity index (χ2v) is 2.16. The van der Waals surface area contributed by atoms with Gasteiger partial charge in [-0.1, -0.05) is 0 Å². The van der Waals surface area contributed by atoms with E-state index >= 15 is 0 Å². The molecule has 0 saturated carbocycles. The highest BCUT2D eigenvalue weighted by molar-refractivity contribution is 5.67. The molecular weight excluding hydrogens is 178 g/mol. The minimum absolute atomic E-state index is 0.672. The lowest BCUT2D eigenvalue weighted by Crippen LogP contribution is -1.94. The van der Waals surface area contributed by atoms with Crippen molar-refractivity contribution in [2.45, 2.75) is 0 Å². The van der Waals surface area contributed by atoms with E-state index in [1.54, 1.807) is 0 Å². The molecule has 0 aromatic heterocycles. The molecule has 0 heterocycles. The molecule has 0 aliphatic rings. The molecule has 7 nitrogen and oxygen atoms in total. The number of rotatable bonds is 2. The maximum atomic E-state index is 10.2. The third kappa shape index (κ3) is 1.53. The minimum Gasteiger partial charge on any atom is -0.258 e. The van der Waals surface area contributed by atoms with Crippen molar-refractivity contribution in [2.24, 2.45) is 0 Å². The summed E-state index contributed by atoms with van der Waals surface area (Å²) in [6.45, 7) is 0. The predicted molar refractivity (Wildman–Crippen MR) is 41.5 cm³/mol. The van der Waals surface area contributed by atoms with Crippen LogP contribution in [-0.2, 0) is 0 Å². The Morgan fingerprint density at radius 1 is 1.08 bits per heavy atom. The Hall–Kier alpha value is -2.18. The molecule has 0 atom stereocenters. The Labute approximate surface area is 72.1 Å². The van der Waals surface area contributed by atoms with Crippen molar-refractivity contribution in [2.75, 3.05) is 0 Å². The lowest BCUT2D eigenvalue weighted by atomic mass is 10.2. The Balaban J connectivity index is 3.35. The van der Waals surface area contributed by atoms with Crippen LogP contribution in [0, 0.1) is 20.2 Å². The third-order valence-electron chi connectivity index (χ3n) is 1.39. The fraction of sp³-hybridized carbons (Fsp3) is 0. The lowest BCUT2D eigenvalue weighted by molar-refractivity contribution is -0.392. The average Bonchev–Trinajstić information content (AvgIpc) is 2.03. The van der Waals surface area contributed by atoms with Gasteiger partial charge in [0.05, 0.1) is 9.85 Å². The Kier molecular flexibility index (Phi) is 2.09. The number of nitro groups is 2. The molecule has 0 aliphatic heterocycles. The molecule has 13 heavy (non-hydrogen) atoms. The zero-order valence-electron chi connectivity index (χ0n) is 6.21. The average molecular weight is 181 g/mol. The van der Waals surface area contributed by atoms with Gasteiger partial charge in [0, 0.05) is 12.1 Å². The lowest BCUT2D eigenvalue weighted by Gasteiger charge is -1.94. The van der Waals surface area contributed by atoms with E-state index in [9.17, 15) is 20.2 Å². The molecule has 0 saturated heterocycles. The minimum atomic E-state index is -0.919. The smallest absolute Gasteiger partial charge is 0.258 e. The normalized spacial score (nSPS) is 9.54. The highest BCUT2D eigenvalue weighted by Crippen LogP contribution is 2.31. The van der Waals surface area contributed by atoms with Gasteiger partial charge in [0.1, 0.15) is 0 Å². The van der Waals surface area contributed by atoms with Gasteiger partial charge in [0.25, 0.3) is 0 Å². The van der Waals surface area contributed by atoms with Crippen molar-refractivity contribution in [3.05, 3.63) is 38.4 Å². The van der Waals surface area contributed by atoms with E-state index < -0.39 is 26.9 Å². The van der Waals surface area contributed by atoms with Crippen LogP contribution in [0.3, 0.4) is 0 Å². The van der Waals surface area contributed by atoms with Crippen molar-refractivity contribution in [1.29, 1.82) is 0 Å². The van der Waals surface area contributed by atoms with Crippen LogP contribution >= 0.6 is 0 Å². The maximum absolute atomic E-state index is 10.2. The molecule has 0 N–H and O–H groups in total. The second-order valence-electron chi connectivity index (χ2n) is 2.16. The van der Waals surface area contributed by atoms with E-state index in [4.69, 9.17) is 5.73 Å². The highest BCUT2D eigenvalue weighted by Gasteiger charge is 2.23. The van der Waals surface area contributed by atoms with Gasteiger partial charge in [-0.2, -0.15) is 0 Å². The molecule has 0 unspecified atom stereocenters. The topological polar surface area (TPSA) is 109 Å². The van der Waals surface area contributed by atoms with Crippen LogP contribution in [0.4, 0.5) is 17.1 Å². The van der Waals surface area contributed by atoms with Crippen molar-refractivity contribution in [1.82, 2.24) is 5.73 Å². The first-order valence-corrected chi connectivity index (χ1v) is 3.15. The molecule has 0 bridgehead atoms. The van der Waals surface area contributed by atoms with Gasteiger partial charge >= 0.3 is 11.4 Å². The number of hydrogen-bond donors (Lipinski definition) is 0. The fourth-order valence-electron chi connectivity index (χ4n) is 0.814. The summed E-state index contributed by atoms with van der Waals surface area (Å²) in [4.78, 5) is 18.7. The molecule has 2 radical (unpaired) electrons. The van der Waals surface area contributed by atoms with Crippen LogP contribution in [-0.4, -0.2) is 9.85 Å². The van der Waals surface area contributed by atoms with Gasteiger partial charge in [0.2, 0.25) is 5.69 Å². The van der Waals surface area contributed by atoms with E-state index in [1.165, 1.54) is 0 Å². The molecule has 7 heteroatoms. The molecule has 1 aromatic carbocycles. The summed E-state index contributed by atoms with van der Waals surface area (Å²) < 4.78 is 0. The molecule has 0 fully saturated rings. The summed E-state index contributed by atoms with van der Waals surface area (Å²) in [7, 11) is 0. The first kappa shape index (κ1) is 8.91. The Morgan fingerprint density at radius 2 is 1.46 bits per heavy atom. The molecule has 1 aromatic rings. The van der Waals surface area contributed by atoms with Crippen LogP contribution in [0.1, 0.15) is 0 Å². The van der Waals surface area contributed by atoms with Crippen LogP contribution in [0.25, 0.3) is 0 Å². The van der Waals surface area contributed by atoms with E-state index in [1.807, 2.05) is 0 Å². The summed E-state index contributed by atoms with van der Waals surface area (Å²) in [6, 6.07) is 3.11. The first-order chi connectivity index (χ1) is 6.04. The van der Waals surface area contributed by atoms with Crippen LogP contribution in [0.15, 0.2) is 18.2 Å². The quantitative estimate of drug-likeness (QED) is 0.504. The van der Waals surface area contributed by atoms with Crippen molar-refractivity contribution < 1.29 is 9.85 Å². The van der Waals surface area contributed by atoms with Gasteiger partial charge < -0.3 is 0 Å². The van der Waals surface area contributed by atoms with Gasteiger partial charge in [-0.15, -0.1) is 5.73 Å². The molecule has 66 valence electrons. The monoisotopic (exact) mass is 181 g/mol. The zero-order chi connectivity index (χ0) is 10.0. The number of benzene rings is 1. The summed E-state index contributed by atoms with van der Waals surface area (Å²) in [5.41, 5.74) is 6.78. The van der Waals surface area contributed by atoms with Crippen LogP contribution in [0.5, 0.6) is 0 Å². The van der Waals surface area contributed by atoms with Gasteiger partial charge in [-0.05, 0) is 6.07 Å². The van der Waals surface area contributed by atoms with Crippen molar-refractivity contribution >= 4 is 17.1 Å². The zero-order valence-corrected chi connectivity index (χ0v) is 6.21. The number of nitro benzene ring substituents is 2. The predicted octanol–water partition coefficient (Wildman–Crippen LogP) is 1.20. The van der Waals surface area contributed by atoms with Crippen LogP contribution < -0.4 is 5.73 Å². The summed E-state index contributed by atoms with van der Waals surface area (Å²) in [5.74, 6) is 0. The molecule has 0 aliphatic carbocycles. The summed E-state index contributed by atoms with van der Waals surface area (Å²) >= 11 is 0. The van der Waals surface area contributed by atoms with Crippen molar-refractivity contribution in [3.8, 4) is 0 Å². The summed E-state index contributed by atoms with van der Waals surface area (Å²) in [6.07, 6.45) is 0. The third-order valence-corrected chi connectivity index (χ3v) is 1.39. The first-order valence-electron chi connectivity index (χ1n) is 3.15. The van der Waals surface area contributed by atoms with Gasteiger partial charge in [-0.25, -0.2) is 0 Å². The second kappa shape index (κ2) is 3.05. The SMILES string of the molecule is [N]c1c([N+](=O)[O-])cccc1[N+](=O)[O-]. The Bertz CT molecular complexity index is 344. The van der Waals surface area contributed by atoms with Gasteiger partial charge in [0.15, 0.2) is 0 Å².